The maximum atomic E-state index is 13.0. The van der Waals surface area contributed by atoms with Crippen molar-refractivity contribution >= 4 is 11.0 Å². The van der Waals surface area contributed by atoms with Gasteiger partial charge in [0.2, 0.25) is 16.9 Å². The average molecular weight is 346 g/mol. The van der Waals surface area contributed by atoms with Crippen LogP contribution < -0.4 is 10.2 Å². The van der Waals surface area contributed by atoms with Crippen LogP contribution in [0.4, 0.5) is 0 Å². The summed E-state index contributed by atoms with van der Waals surface area (Å²) in [4.78, 5) is 13.0. The van der Waals surface area contributed by atoms with Gasteiger partial charge in [-0.05, 0) is 43.7 Å². The minimum atomic E-state index is -0.200. The Labute approximate surface area is 150 Å². The van der Waals surface area contributed by atoms with Gasteiger partial charge < -0.3 is 13.6 Å². The summed E-state index contributed by atoms with van der Waals surface area (Å²) >= 11 is 0. The molecule has 2 aromatic carbocycles. The van der Waals surface area contributed by atoms with Crippen molar-refractivity contribution in [3.63, 3.8) is 0 Å². The molecule has 26 heavy (non-hydrogen) atoms. The molecule has 0 amide bonds. The fourth-order valence-corrected chi connectivity index (χ4v) is 2.83. The van der Waals surface area contributed by atoms with E-state index in [1.54, 1.807) is 24.5 Å². The number of fused-ring (bicyclic) bond motifs is 1. The summed E-state index contributed by atoms with van der Waals surface area (Å²) in [6, 6.07) is 17.0. The van der Waals surface area contributed by atoms with E-state index < -0.39 is 0 Å². The second kappa shape index (κ2) is 6.56. The van der Waals surface area contributed by atoms with Crippen LogP contribution in [0.1, 0.15) is 16.7 Å². The maximum absolute atomic E-state index is 13.0. The Morgan fingerprint density at radius 2 is 1.73 bits per heavy atom. The van der Waals surface area contributed by atoms with E-state index in [1.807, 2.05) is 50.2 Å². The lowest BCUT2D eigenvalue weighted by atomic mass is 10.1. The van der Waals surface area contributed by atoms with Crippen molar-refractivity contribution in [2.45, 2.75) is 20.5 Å². The SMILES string of the molecule is Cc1ccc(COc2c(-c3ccco3)oc3ccc(C)cc3c2=O)cc1. The molecule has 0 N–H and O–H groups in total. The van der Waals surface area contributed by atoms with Crippen LogP contribution in [0.3, 0.4) is 0 Å². The van der Waals surface area contributed by atoms with E-state index in [0.29, 0.717) is 22.5 Å². The second-order valence-corrected chi connectivity index (χ2v) is 6.34. The van der Waals surface area contributed by atoms with E-state index in [2.05, 4.69) is 0 Å². The van der Waals surface area contributed by atoms with Gasteiger partial charge in [0.25, 0.3) is 0 Å². The highest BCUT2D eigenvalue weighted by molar-refractivity contribution is 5.81. The Balaban J connectivity index is 1.82. The highest BCUT2D eigenvalue weighted by Crippen LogP contribution is 2.31. The summed E-state index contributed by atoms with van der Waals surface area (Å²) in [5, 5.41) is 0.499. The van der Waals surface area contributed by atoms with E-state index >= 15 is 0 Å². The molecule has 2 aromatic heterocycles. The third kappa shape index (κ3) is 3.02. The Morgan fingerprint density at radius 1 is 0.962 bits per heavy atom. The summed E-state index contributed by atoms with van der Waals surface area (Å²) in [7, 11) is 0. The summed E-state index contributed by atoms with van der Waals surface area (Å²) in [6.45, 7) is 4.24. The van der Waals surface area contributed by atoms with Gasteiger partial charge in [-0.25, -0.2) is 0 Å². The molecule has 4 aromatic rings. The van der Waals surface area contributed by atoms with Crippen molar-refractivity contribution in [2.24, 2.45) is 0 Å². The number of ether oxygens (including phenoxy) is 1. The van der Waals surface area contributed by atoms with Gasteiger partial charge in [0, 0.05) is 0 Å². The number of aryl methyl sites for hydroxylation is 2. The zero-order chi connectivity index (χ0) is 18.1. The average Bonchev–Trinajstić information content (AvgIpc) is 3.17. The van der Waals surface area contributed by atoms with Crippen LogP contribution in [0, 0.1) is 13.8 Å². The molecule has 0 bridgehead atoms. The van der Waals surface area contributed by atoms with Gasteiger partial charge in [-0.2, -0.15) is 0 Å². The fourth-order valence-electron chi connectivity index (χ4n) is 2.83. The highest BCUT2D eigenvalue weighted by atomic mass is 16.5. The van der Waals surface area contributed by atoms with Crippen LogP contribution in [0.15, 0.2) is 74.5 Å². The zero-order valence-electron chi connectivity index (χ0n) is 14.6. The molecule has 0 saturated carbocycles. The van der Waals surface area contributed by atoms with Crippen molar-refractivity contribution in [2.75, 3.05) is 0 Å². The molecule has 4 nitrogen and oxygen atoms in total. The van der Waals surface area contributed by atoms with Crippen molar-refractivity contribution in [1.82, 2.24) is 0 Å². The van der Waals surface area contributed by atoms with Crippen LogP contribution in [-0.4, -0.2) is 0 Å². The summed E-state index contributed by atoms with van der Waals surface area (Å²) < 4.78 is 17.3. The molecule has 4 heteroatoms. The highest BCUT2D eigenvalue weighted by Gasteiger charge is 2.19. The van der Waals surface area contributed by atoms with Gasteiger partial charge in [0.1, 0.15) is 12.2 Å². The largest absolute Gasteiger partial charge is 0.481 e. The fraction of sp³-hybridized carbons (Fsp3) is 0.136. The van der Waals surface area contributed by atoms with Crippen molar-refractivity contribution in [3.8, 4) is 17.3 Å². The van der Waals surface area contributed by atoms with Gasteiger partial charge in [-0.1, -0.05) is 41.5 Å². The molecule has 4 rings (SSSR count). The lowest BCUT2D eigenvalue weighted by Gasteiger charge is -2.11. The molecule has 0 fully saturated rings. The first-order chi connectivity index (χ1) is 12.6. The van der Waals surface area contributed by atoms with E-state index in [-0.39, 0.29) is 17.8 Å². The molecule has 0 radical (unpaired) electrons. The van der Waals surface area contributed by atoms with Gasteiger partial charge in [0.05, 0.1) is 11.6 Å². The monoisotopic (exact) mass is 346 g/mol. The summed E-state index contributed by atoms with van der Waals surface area (Å²) in [5.74, 6) is 0.936. The third-order valence-electron chi connectivity index (χ3n) is 4.25. The Bertz CT molecular complexity index is 1100. The topological polar surface area (TPSA) is 52.6 Å². The molecule has 0 atom stereocenters. The predicted octanol–water partition coefficient (Wildman–Crippen LogP) is 5.25. The van der Waals surface area contributed by atoms with E-state index in [9.17, 15) is 4.79 Å². The van der Waals surface area contributed by atoms with Crippen LogP contribution >= 0.6 is 0 Å². The molecule has 0 spiro atoms. The number of furan rings is 1. The first kappa shape index (κ1) is 16.2. The smallest absolute Gasteiger partial charge is 0.235 e. The van der Waals surface area contributed by atoms with Crippen molar-refractivity contribution in [1.29, 1.82) is 0 Å². The zero-order valence-corrected chi connectivity index (χ0v) is 14.6. The molecule has 0 saturated heterocycles. The number of hydrogen-bond donors (Lipinski definition) is 0. The van der Waals surface area contributed by atoms with Crippen LogP contribution in [-0.2, 0) is 6.61 Å². The first-order valence-electron chi connectivity index (χ1n) is 8.41. The summed E-state index contributed by atoms with van der Waals surface area (Å²) in [6.07, 6.45) is 1.54. The minimum Gasteiger partial charge on any atom is -0.481 e. The van der Waals surface area contributed by atoms with Crippen LogP contribution in [0.5, 0.6) is 5.75 Å². The molecular weight excluding hydrogens is 328 g/mol. The van der Waals surface area contributed by atoms with E-state index in [4.69, 9.17) is 13.6 Å². The molecule has 2 heterocycles. The lowest BCUT2D eigenvalue weighted by molar-refractivity contribution is 0.296. The van der Waals surface area contributed by atoms with Crippen LogP contribution in [0.25, 0.3) is 22.5 Å². The molecule has 0 aliphatic rings. The molecule has 130 valence electrons. The Morgan fingerprint density at radius 3 is 2.46 bits per heavy atom. The van der Waals surface area contributed by atoms with E-state index in [1.165, 1.54) is 5.56 Å². The lowest BCUT2D eigenvalue weighted by Crippen LogP contribution is -2.10. The van der Waals surface area contributed by atoms with Gasteiger partial charge in [-0.15, -0.1) is 0 Å². The molecule has 0 aliphatic carbocycles. The number of benzene rings is 2. The molecule has 0 aliphatic heterocycles. The normalized spacial score (nSPS) is 11.0. The Kier molecular flexibility index (Phi) is 4.09. The standard InChI is InChI=1S/C22H18O4/c1-14-5-8-16(9-6-14)13-25-22-20(23)17-12-15(2)7-10-18(17)26-21(22)19-4-3-11-24-19/h3-12H,13H2,1-2H3. The van der Waals surface area contributed by atoms with Crippen molar-refractivity contribution < 1.29 is 13.6 Å². The maximum Gasteiger partial charge on any atom is 0.235 e. The number of rotatable bonds is 4. The van der Waals surface area contributed by atoms with Gasteiger partial charge >= 0.3 is 0 Å². The van der Waals surface area contributed by atoms with Gasteiger partial charge in [-0.3, -0.25) is 4.79 Å². The quantitative estimate of drug-likeness (QED) is 0.506. The van der Waals surface area contributed by atoms with Crippen molar-refractivity contribution in [3.05, 3.63) is 87.8 Å². The molecular formula is C22H18O4. The minimum absolute atomic E-state index is 0.165. The second-order valence-electron chi connectivity index (χ2n) is 6.34. The summed E-state index contributed by atoms with van der Waals surface area (Å²) in [5.41, 5.74) is 3.44. The predicted molar refractivity (Wildman–Crippen MR) is 100 cm³/mol. The third-order valence-corrected chi connectivity index (χ3v) is 4.25. The number of hydrogen-bond acceptors (Lipinski definition) is 4. The van der Waals surface area contributed by atoms with Crippen LogP contribution in [0.2, 0.25) is 0 Å². The van der Waals surface area contributed by atoms with Gasteiger partial charge in [0.15, 0.2) is 5.76 Å². The van der Waals surface area contributed by atoms with E-state index in [0.717, 1.165) is 11.1 Å². The molecule has 0 unspecified atom stereocenters. The Hall–Kier alpha value is -3.27. The first-order valence-corrected chi connectivity index (χ1v) is 8.41.